The van der Waals surface area contributed by atoms with E-state index < -0.39 is 0 Å². The van der Waals surface area contributed by atoms with Crippen LogP contribution in [-0.2, 0) is 4.79 Å². The summed E-state index contributed by atoms with van der Waals surface area (Å²) < 4.78 is 1.77. The molecule has 1 aliphatic carbocycles. The lowest BCUT2D eigenvalue weighted by molar-refractivity contribution is -0.119. The van der Waals surface area contributed by atoms with Crippen LogP contribution in [0.4, 0.5) is 5.69 Å². The Morgan fingerprint density at radius 1 is 1.06 bits per heavy atom. The zero-order valence-corrected chi connectivity index (χ0v) is 19.8. The van der Waals surface area contributed by atoms with Gasteiger partial charge in [-0.3, -0.25) is 9.59 Å². The third-order valence-electron chi connectivity index (χ3n) is 6.13. The number of fused-ring (bicyclic) bond motifs is 1. The molecule has 0 atom stereocenters. The molecule has 1 aromatic carbocycles. The maximum absolute atomic E-state index is 13.3. The van der Waals surface area contributed by atoms with E-state index in [4.69, 9.17) is 5.26 Å². The lowest BCUT2D eigenvalue weighted by Gasteiger charge is -2.29. The number of carbonyl (C=O) groups excluding carboxylic acids is 2. The third-order valence-corrected chi connectivity index (χ3v) is 6.13. The van der Waals surface area contributed by atoms with Crippen LogP contribution in [0.5, 0.6) is 0 Å². The first kappa shape index (κ1) is 23.3. The van der Waals surface area contributed by atoms with Crippen LogP contribution in [0.3, 0.4) is 0 Å². The molecule has 1 fully saturated rings. The van der Waals surface area contributed by atoms with Gasteiger partial charge < -0.3 is 16.0 Å². The number of amides is 2. The van der Waals surface area contributed by atoms with Crippen LogP contribution < -0.4 is 16.0 Å². The lowest BCUT2D eigenvalue weighted by atomic mass is 9.91. The number of nitriles is 1. The number of nitrogens with zero attached hydrogens (tertiary/aromatic N) is 3. The van der Waals surface area contributed by atoms with E-state index in [-0.39, 0.29) is 29.9 Å². The highest BCUT2D eigenvalue weighted by Gasteiger charge is 2.25. The quantitative estimate of drug-likeness (QED) is 0.519. The standard InChI is InChI=1S/C26H30N6O2/c1-16(2)29-25-23(26(34)31-22-10-8-21(9-11-22)30-17(3)33)14-28-32-15-20(12-24(25)32)19-6-4-18(13-27)5-7-19/h4-7,12,14-16,21-22,29H,8-11H2,1-3H3,(H,30,33)(H,31,34)/t21-,22-. The average Bonchev–Trinajstić information content (AvgIpc) is 3.25. The summed E-state index contributed by atoms with van der Waals surface area (Å²) in [6, 6.07) is 11.9. The van der Waals surface area contributed by atoms with E-state index in [0.717, 1.165) is 48.0 Å². The number of hydrogen-bond acceptors (Lipinski definition) is 5. The first-order valence-corrected chi connectivity index (χ1v) is 11.7. The van der Waals surface area contributed by atoms with Crippen molar-refractivity contribution in [1.29, 1.82) is 5.26 Å². The van der Waals surface area contributed by atoms with Crippen molar-refractivity contribution in [1.82, 2.24) is 20.2 Å². The fraction of sp³-hybridized carbons (Fsp3) is 0.385. The molecule has 3 aromatic rings. The monoisotopic (exact) mass is 458 g/mol. The van der Waals surface area contributed by atoms with Gasteiger partial charge in [0.25, 0.3) is 5.91 Å². The highest BCUT2D eigenvalue weighted by atomic mass is 16.2. The van der Waals surface area contributed by atoms with Gasteiger partial charge in [0.05, 0.1) is 34.6 Å². The number of aromatic nitrogens is 2. The summed E-state index contributed by atoms with van der Waals surface area (Å²) in [6.07, 6.45) is 6.89. The van der Waals surface area contributed by atoms with Gasteiger partial charge in [-0.1, -0.05) is 12.1 Å². The minimum Gasteiger partial charge on any atom is -0.380 e. The van der Waals surface area contributed by atoms with E-state index in [9.17, 15) is 9.59 Å². The number of anilines is 1. The first-order valence-electron chi connectivity index (χ1n) is 11.7. The van der Waals surface area contributed by atoms with Crippen molar-refractivity contribution in [3.8, 4) is 17.2 Å². The summed E-state index contributed by atoms with van der Waals surface area (Å²) >= 11 is 0. The van der Waals surface area contributed by atoms with Gasteiger partial charge in [-0.2, -0.15) is 10.4 Å². The summed E-state index contributed by atoms with van der Waals surface area (Å²) in [5.41, 5.74) is 4.61. The Morgan fingerprint density at radius 2 is 1.71 bits per heavy atom. The SMILES string of the molecule is CC(=O)N[C@H]1CC[C@H](NC(=O)c2cnn3cc(-c4ccc(C#N)cc4)cc3c2NC(C)C)CC1. The van der Waals surface area contributed by atoms with Crippen molar-refractivity contribution in [2.75, 3.05) is 5.32 Å². The highest BCUT2D eigenvalue weighted by molar-refractivity contribution is 6.03. The van der Waals surface area contributed by atoms with E-state index in [1.54, 1.807) is 22.8 Å². The van der Waals surface area contributed by atoms with Gasteiger partial charge in [0.1, 0.15) is 0 Å². The molecular formula is C26H30N6O2. The van der Waals surface area contributed by atoms with Gasteiger partial charge in [0.2, 0.25) is 5.91 Å². The molecule has 1 aliphatic rings. The normalized spacial score (nSPS) is 17.9. The molecule has 2 aromatic heterocycles. The predicted octanol–water partition coefficient (Wildman–Crippen LogP) is 3.87. The van der Waals surface area contributed by atoms with E-state index in [0.29, 0.717) is 11.1 Å². The fourth-order valence-corrected chi connectivity index (χ4v) is 4.50. The Hall–Kier alpha value is -3.86. The summed E-state index contributed by atoms with van der Waals surface area (Å²) in [5.74, 6) is -0.161. The van der Waals surface area contributed by atoms with Crippen molar-refractivity contribution in [3.05, 3.63) is 53.9 Å². The van der Waals surface area contributed by atoms with Gasteiger partial charge in [0.15, 0.2) is 0 Å². The largest absolute Gasteiger partial charge is 0.380 e. The van der Waals surface area contributed by atoms with Crippen LogP contribution >= 0.6 is 0 Å². The van der Waals surface area contributed by atoms with E-state index >= 15 is 0 Å². The Bertz CT molecular complexity index is 1230. The number of benzene rings is 1. The van der Waals surface area contributed by atoms with E-state index in [2.05, 4.69) is 27.1 Å². The van der Waals surface area contributed by atoms with Crippen molar-refractivity contribution in [3.63, 3.8) is 0 Å². The molecule has 1 saturated carbocycles. The molecule has 8 nitrogen and oxygen atoms in total. The zero-order chi connectivity index (χ0) is 24.2. The smallest absolute Gasteiger partial charge is 0.255 e. The van der Waals surface area contributed by atoms with Crippen LogP contribution in [0.1, 0.15) is 62.4 Å². The third kappa shape index (κ3) is 5.20. The fourth-order valence-electron chi connectivity index (χ4n) is 4.50. The molecule has 3 N–H and O–H groups in total. The Kier molecular flexibility index (Phi) is 6.82. The maximum Gasteiger partial charge on any atom is 0.255 e. The van der Waals surface area contributed by atoms with Crippen LogP contribution in [-0.4, -0.2) is 39.6 Å². The summed E-state index contributed by atoms with van der Waals surface area (Å²) in [5, 5.41) is 23.1. The molecule has 0 bridgehead atoms. The second-order valence-corrected chi connectivity index (χ2v) is 9.20. The number of rotatable bonds is 6. The van der Waals surface area contributed by atoms with Crippen molar-refractivity contribution >= 4 is 23.0 Å². The van der Waals surface area contributed by atoms with Crippen LogP contribution in [0.25, 0.3) is 16.6 Å². The minimum absolute atomic E-state index is 0.0103. The molecule has 0 aliphatic heterocycles. The summed E-state index contributed by atoms with van der Waals surface area (Å²) in [7, 11) is 0. The van der Waals surface area contributed by atoms with Crippen molar-refractivity contribution < 1.29 is 9.59 Å². The number of carbonyl (C=O) groups is 2. The van der Waals surface area contributed by atoms with Gasteiger partial charge >= 0.3 is 0 Å². The molecule has 0 unspecified atom stereocenters. The topological polar surface area (TPSA) is 111 Å². The van der Waals surface area contributed by atoms with Gasteiger partial charge in [-0.15, -0.1) is 0 Å². The zero-order valence-electron chi connectivity index (χ0n) is 19.8. The van der Waals surface area contributed by atoms with Crippen molar-refractivity contribution in [2.24, 2.45) is 0 Å². The van der Waals surface area contributed by atoms with Gasteiger partial charge in [-0.25, -0.2) is 4.52 Å². The predicted molar refractivity (Wildman–Crippen MR) is 131 cm³/mol. The second kappa shape index (κ2) is 9.96. The molecule has 8 heteroatoms. The second-order valence-electron chi connectivity index (χ2n) is 9.20. The molecular weight excluding hydrogens is 428 g/mol. The molecule has 176 valence electrons. The van der Waals surface area contributed by atoms with E-state index in [1.165, 1.54) is 6.92 Å². The Morgan fingerprint density at radius 3 is 2.29 bits per heavy atom. The molecule has 2 heterocycles. The van der Waals surface area contributed by atoms with Gasteiger partial charge in [0, 0.05) is 36.8 Å². The molecule has 2 amide bonds. The maximum atomic E-state index is 13.3. The molecule has 4 rings (SSSR count). The number of nitrogens with one attached hydrogen (secondary N) is 3. The van der Waals surface area contributed by atoms with E-state index in [1.807, 2.05) is 38.2 Å². The lowest BCUT2D eigenvalue weighted by Crippen LogP contribution is -2.43. The Labute approximate surface area is 199 Å². The average molecular weight is 459 g/mol. The van der Waals surface area contributed by atoms with Crippen LogP contribution in [0.2, 0.25) is 0 Å². The number of hydrogen-bond donors (Lipinski definition) is 3. The van der Waals surface area contributed by atoms with Crippen LogP contribution in [0.15, 0.2) is 42.7 Å². The molecule has 0 spiro atoms. The van der Waals surface area contributed by atoms with Crippen LogP contribution in [0, 0.1) is 11.3 Å². The molecule has 0 radical (unpaired) electrons. The Balaban J connectivity index is 1.58. The molecule has 0 saturated heterocycles. The summed E-state index contributed by atoms with van der Waals surface area (Å²) in [4.78, 5) is 24.6. The minimum atomic E-state index is -0.151. The molecule has 34 heavy (non-hydrogen) atoms. The first-order chi connectivity index (χ1) is 16.3. The van der Waals surface area contributed by atoms with Gasteiger partial charge in [-0.05, 0) is 63.3 Å². The summed E-state index contributed by atoms with van der Waals surface area (Å²) in [6.45, 7) is 5.60. The van der Waals surface area contributed by atoms with Crippen molar-refractivity contribution in [2.45, 2.75) is 64.6 Å². The highest BCUT2D eigenvalue weighted by Crippen LogP contribution is 2.29.